The van der Waals surface area contributed by atoms with Gasteiger partial charge in [0.05, 0.1) is 29.3 Å². The molecule has 0 saturated carbocycles. The predicted octanol–water partition coefficient (Wildman–Crippen LogP) is 2.81. The number of Topliss-reactive ketones (excluding diaryl/α,β-unsaturated/α-hetero) is 1. The van der Waals surface area contributed by atoms with Crippen molar-refractivity contribution in [1.29, 1.82) is 0 Å². The van der Waals surface area contributed by atoms with Gasteiger partial charge in [0, 0.05) is 13.7 Å². The van der Waals surface area contributed by atoms with Crippen LogP contribution in [0.2, 0.25) is 4.34 Å². The van der Waals surface area contributed by atoms with E-state index in [2.05, 4.69) is 10.0 Å². The molecule has 2 N–H and O–H groups in total. The zero-order valence-electron chi connectivity index (χ0n) is 24.9. The van der Waals surface area contributed by atoms with Crippen molar-refractivity contribution in [3.8, 4) is 5.75 Å². The largest absolute Gasteiger partial charge is 0.772 e. The third-order valence-corrected chi connectivity index (χ3v) is 11.5. The maximum absolute atomic E-state index is 13.9. The minimum absolute atomic E-state index is 0.150. The first-order chi connectivity index (χ1) is 21.4. The van der Waals surface area contributed by atoms with E-state index in [9.17, 15) is 44.7 Å². The SMILES string of the molecule is COC[C@H](NS(=O)(=O)c1ccc(Cl)s1)C(=O)N1C[C@H](C(c2ccc(OC)cc2)S(=O)[O-])C[C@H]1C(=O)N[C@H](C(=O)C(F)(F)F)C(C)C. The molecular formula is C27H32ClF3N3O9S3-. The van der Waals surface area contributed by atoms with Crippen molar-refractivity contribution in [2.24, 2.45) is 11.8 Å². The van der Waals surface area contributed by atoms with Crippen LogP contribution in [-0.4, -0.2) is 91.4 Å². The number of hydrogen-bond donors (Lipinski definition) is 2. The summed E-state index contributed by atoms with van der Waals surface area (Å²) in [6.45, 7) is 1.64. The number of thiophene rings is 1. The third-order valence-electron chi connectivity index (χ3n) is 7.27. The Kier molecular flexibility index (Phi) is 12.8. The summed E-state index contributed by atoms with van der Waals surface area (Å²) in [5.41, 5.74) is 0.281. The van der Waals surface area contributed by atoms with Crippen LogP contribution in [0.4, 0.5) is 13.2 Å². The van der Waals surface area contributed by atoms with E-state index in [1.165, 1.54) is 64.5 Å². The number of sulfonamides is 1. The van der Waals surface area contributed by atoms with Gasteiger partial charge in [0.1, 0.15) is 22.0 Å². The first-order valence-electron chi connectivity index (χ1n) is 13.6. The number of rotatable bonds is 14. The lowest BCUT2D eigenvalue weighted by atomic mass is 9.95. The highest BCUT2D eigenvalue weighted by Crippen LogP contribution is 2.38. The molecule has 1 aliphatic heterocycles. The van der Waals surface area contributed by atoms with Crippen molar-refractivity contribution in [2.45, 2.75) is 54.0 Å². The Hall–Kier alpha value is -2.61. The molecule has 0 bridgehead atoms. The number of benzene rings is 1. The van der Waals surface area contributed by atoms with Gasteiger partial charge in [0.15, 0.2) is 0 Å². The average Bonchev–Trinajstić information content (AvgIpc) is 3.62. The number of hydrogen-bond acceptors (Lipinski definition) is 10. The average molecular weight is 731 g/mol. The number of likely N-dealkylation sites (tertiary alicyclic amines) is 1. The molecule has 2 heterocycles. The van der Waals surface area contributed by atoms with Gasteiger partial charge in [-0.1, -0.05) is 37.6 Å². The van der Waals surface area contributed by atoms with E-state index in [1.54, 1.807) is 0 Å². The van der Waals surface area contributed by atoms with Crippen molar-refractivity contribution in [1.82, 2.24) is 14.9 Å². The van der Waals surface area contributed by atoms with Gasteiger partial charge in [0.2, 0.25) is 11.8 Å². The van der Waals surface area contributed by atoms with Crippen molar-refractivity contribution in [3.05, 3.63) is 46.3 Å². The summed E-state index contributed by atoms with van der Waals surface area (Å²) in [7, 11) is -1.75. The van der Waals surface area contributed by atoms with Crippen molar-refractivity contribution < 1.29 is 54.2 Å². The molecule has 0 spiro atoms. The third kappa shape index (κ3) is 9.05. The minimum atomic E-state index is -5.28. The number of halogens is 4. The second-order valence-electron chi connectivity index (χ2n) is 10.7. The standard InChI is InChI=1S/C27H33ClF3N3O9S3/c1-14(2)22(24(35)27(29,30)31)32-25(36)19-11-16(23(45(38)39)15-5-7-17(43-4)8-6-15)12-34(19)26(37)18(13-42-3)33-46(40,41)21-10-9-20(28)44-21/h5-10,14,16,18-19,22-23,33H,11-13H2,1-4H3,(H,32,36)(H,38,39)/p-1/t16-,18+,19+,22+,23?/m1/s1. The fourth-order valence-electron chi connectivity index (χ4n) is 5.08. The number of nitrogens with one attached hydrogen (secondary N) is 2. The highest BCUT2D eigenvalue weighted by Gasteiger charge is 2.49. The van der Waals surface area contributed by atoms with Crippen molar-refractivity contribution in [3.63, 3.8) is 0 Å². The Bertz CT molecular complexity index is 1540. The first-order valence-corrected chi connectivity index (χ1v) is 17.4. The Morgan fingerprint density at radius 2 is 1.78 bits per heavy atom. The number of methoxy groups -OCH3 is 2. The lowest BCUT2D eigenvalue weighted by Gasteiger charge is -2.30. The summed E-state index contributed by atoms with van der Waals surface area (Å²) in [6.07, 6.45) is -5.62. The Balaban J connectivity index is 2.02. The van der Waals surface area contributed by atoms with Gasteiger partial charge in [-0.05, 0) is 59.2 Å². The number of alkyl halides is 3. The fraction of sp³-hybridized carbons (Fsp3) is 0.519. The number of carbonyl (C=O) groups excluding carboxylic acids is 3. The molecule has 1 aliphatic rings. The molecule has 6 atom stereocenters. The van der Waals surface area contributed by atoms with Crippen LogP contribution in [0.5, 0.6) is 5.75 Å². The van der Waals surface area contributed by atoms with Gasteiger partial charge in [-0.2, -0.15) is 17.9 Å². The summed E-state index contributed by atoms with van der Waals surface area (Å²) in [5, 5.41) is 0.796. The number of nitrogens with zero attached hydrogens (tertiary/aromatic N) is 1. The fourth-order valence-corrected chi connectivity index (χ4v) is 8.65. The van der Waals surface area contributed by atoms with Gasteiger partial charge in [-0.25, -0.2) is 8.42 Å². The Morgan fingerprint density at radius 1 is 1.15 bits per heavy atom. The van der Waals surface area contributed by atoms with Gasteiger partial charge < -0.3 is 24.2 Å². The molecule has 12 nitrogen and oxygen atoms in total. The second kappa shape index (κ2) is 15.5. The molecule has 0 aliphatic carbocycles. The van der Waals surface area contributed by atoms with Crippen LogP contribution in [0.25, 0.3) is 0 Å². The van der Waals surface area contributed by atoms with E-state index in [-0.39, 0.29) is 20.5 Å². The quantitative estimate of drug-likeness (QED) is 0.278. The van der Waals surface area contributed by atoms with Crippen LogP contribution in [0.3, 0.4) is 0 Å². The van der Waals surface area contributed by atoms with E-state index < -0.39 is 93.2 Å². The number of ketones is 1. The summed E-state index contributed by atoms with van der Waals surface area (Å²) >= 11 is 3.77. The zero-order valence-corrected chi connectivity index (χ0v) is 28.1. The molecule has 1 saturated heterocycles. The molecule has 2 aromatic rings. The van der Waals surface area contributed by atoms with Crippen LogP contribution >= 0.6 is 22.9 Å². The van der Waals surface area contributed by atoms with Crippen LogP contribution in [0.15, 0.2) is 40.6 Å². The van der Waals surface area contributed by atoms with Crippen LogP contribution < -0.4 is 14.8 Å². The van der Waals surface area contributed by atoms with Crippen LogP contribution in [-0.2, 0) is 40.2 Å². The normalized spacial score (nSPS) is 19.8. The first kappa shape index (κ1) is 37.8. The van der Waals surface area contributed by atoms with Gasteiger partial charge in [-0.15, -0.1) is 11.3 Å². The van der Waals surface area contributed by atoms with E-state index in [0.717, 1.165) is 4.90 Å². The maximum Gasteiger partial charge on any atom is 0.452 e. The highest BCUT2D eigenvalue weighted by atomic mass is 35.5. The van der Waals surface area contributed by atoms with E-state index >= 15 is 0 Å². The lowest BCUT2D eigenvalue weighted by molar-refractivity contribution is -0.175. The summed E-state index contributed by atoms with van der Waals surface area (Å²) in [5.74, 6) is -5.93. The molecule has 1 aromatic heterocycles. The summed E-state index contributed by atoms with van der Waals surface area (Å²) < 4.78 is 103. The van der Waals surface area contributed by atoms with E-state index in [0.29, 0.717) is 17.1 Å². The molecule has 1 fully saturated rings. The second-order valence-corrected chi connectivity index (χ2v) is 15.4. The molecular weight excluding hydrogens is 699 g/mol. The summed E-state index contributed by atoms with van der Waals surface area (Å²) in [6, 6.07) is 3.28. The minimum Gasteiger partial charge on any atom is -0.772 e. The number of ether oxygens (including phenoxy) is 2. The molecule has 19 heteroatoms. The highest BCUT2D eigenvalue weighted by molar-refractivity contribution is 7.91. The molecule has 0 radical (unpaired) electrons. The Labute approximate surface area is 275 Å². The molecule has 46 heavy (non-hydrogen) atoms. The molecule has 1 aromatic carbocycles. The smallest absolute Gasteiger partial charge is 0.452 e. The molecule has 256 valence electrons. The van der Waals surface area contributed by atoms with Gasteiger partial charge in [-0.3, -0.25) is 18.6 Å². The zero-order chi connectivity index (χ0) is 34.6. The van der Waals surface area contributed by atoms with Crippen LogP contribution in [0.1, 0.15) is 31.1 Å². The van der Waals surface area contributed by atoms with Crippen LogP contribution in [0, 0.1) is 11.8 Å². The summed E-state index contributed by atoms with van der Waals surface area (Å²) in [4.78, 5) is 40.5. The maximum atomic E-state index is 13.9. The Morgan fingerprint density at radius 3 is 2.26 bits per heavy atom. The molecule has 2 amide bonds. The van der Waals surface area contributed by atoms with Gasteiger partial charge >= 0.3 is 6.18 Å². The lowest BCUT2D eigenvalue weighted by Crippen LogP contribution is -2.57. The topological polar surface area (TPSA) is 171 Å². The van der Waals surface area contributed by atoms with Crippen molar-refractivity contribution in [2.75, 3.05) is 27.4 Å². The van der Waals surface area contributed by atoms with E-state index in [4.69, 9.17) is 21.1 Å². The number of carbonyl (C=O) groups is 3. The number of amides is 2. The van der Waals surface area contributed by atoms with Gasteiger partial charge in [0.25, 0.3) is 15.8 Å². The van der Waals surface area contributed by atoms with Crippen molar-refractivity contribution >= 4 is 61.6 Å². The van der Waals surface area contributed by atoms with E-state index in [1.807, 2.05) is 0 Å². The monoisotopic (exact) mass is 730 g/mol. The predicted molar refractivity (Wildman–Crippen MR) is 161 cm³/mol. The molecule has 3 rings (SSSR count). The molecule has 2 unspecified atom stereocenters.